The largest absolute Gasteiger partial charge is 0.335 e. The van der Waals surface area contributed by atoms with Crippen LogP contribution >= 0.6 is 0 Å². The number of amides is 1. The van der Waals surface area contributed by atoms with E-state index in [-0.39, 0.29) is 11.9 Å². The molecule has 3 nitrogen and oxygen atoms in total. The fourth-order valence-electron chi connectivity index (χ4n) is 3.55. The monoisotopic (exact) mass is 306 g/mol. The molecule has 0 radical (unpaired) electrons. The third-order valence-electron chi connectivity index (χ3n) is 5.10. The van der Waals surface area contributed by atoms with Gasteiger partial charge in [0.15, 0.2) is 0 Å². The van der Waals surface area contributed by atoms with Crippen LogP contribution < -0.4 is 0 Å². The van der Waals surface area contributed by atoms with E-state index in [0.717, 1.165) is 24.9 Å². The van der Waals surface area contributed by atoms with Crippen molar-refractivity contribution in [3.63, 3.8) is 0 Å². The fraction of sp³-hybridized carbons (Fsp3) is 0.400. The lowest BCUT2D eigenvalue weighted by Gasteiger charge is -2.41. The molecule has 2 aromatic carbocycles. The number of fused-ring (bicyclic) bond motifs is 1. The number of carbonyl (C=O) groups is 1. The van der Waals surface area contributed by atoms with Gasteiger partial charge in [0.1, 0.15) is 0 Å². The second kappa shape index (κ2) is 6.04. The zero-order chi connectivity index (χ0) is 16.4. The van der Waals surface area contributed by atoms with Gasteiger partial charge in [-0.15, -0.1) is 0 Å². The molecule has 2 atom stereocenters. The van der Waals surface area contributed by atoms with Crippen molar-refractivity contribution >= 4 is 16.7 Å². The van der Waals surface area contributed by atoms with Crippen molar-refractivity contribution in [2.24, 2.45) is 5.41 Å². The summed E-state index contributed by atoms with van der Waals surface area (Å²) in [4.78, 5) is 14.8. The number of hydrogen-bond donors (Lipinski definition) is 0. The number of likely N-dealkylation sites (tertiary alicyclic amines) is 1. The van der Waals surface area contributed by atoms with E-state index >= 15 is 0 Å². The van der Waals surface area contributed by atoms with Crippen molar-refractivity contribution in [3.8, 4) is 6.07 Å². The predicted molar refractivity (Wildman–Crippen MR) is 91.6 cm³/mol. The van der Waals surface area contributed by atoms with Crippen molar-refractivity contribution < 1.29 is 4.79 Å². The summed E-state index contributed by atoms with van der Waals surface area (Å²) in [6.45, 7) is 4.78. The smallest absolute Gasteiger partial charge is 0.230 e. The lowest BCUT2D eigenvalue weighted by Crippen LogP contribution is -2.48. The Morgan fingerprint density at radius 3 is 2.74 bits per heavy atom. The highest BCUT2D eigenvalue weighted by Crippen LogP contribution is 2.38. The van der Waals surface area contributed by atoms with Crippen LogP contribution in [0.2, 0.25) is 0 Å². The maximum Gasteiger partial charge on any atom is 0.230 e. The molecule has 1 aliphatic heterocycles. The minimum absolute atomic E-state index is 0.0328. The summed E-state index contributed by atoms with van der Waals surface area (Å²) in [5.74, 6) is 0.117. The summed E-state index contributed by atoms with van der Waals surface area (Å²) in [6.07, 6.45) is 2.06. The van der Waals surface area contributed by atoms with Crippen molar-refractivity contribution in [1.29, 1.82) is 5.26 Å². The van der Waals surface area contributed by atoms with E-state index in [1.807, 2.05) is 24.0 Å². The van der Waals surface area contributed by atoms with Gasteiger partial charge in [-0.2, -0.15) is 5.26 Å². The Morgan fingerprint density at radius 2 is 2.00 bits per heavy atom. The normalized spacial score (nSPS) is 22.8. The lowest BCUT2D eigenvalue weighted by molar-refractivity contribution is -0.147. The molecule has 3 rings (SSSR count). The zero-order valence-electron chi connectivity index (χ0n) is 13.7. The van der Waals surface area contributed by atoms with Crippen LogP contribution in [0.25, 0.3) is 10.8 Å². The van der Waals surface area contributed by atoms with Crippen LogP contribution in [-0.2, 0) is 4.79 Å². The van der Waals surface area contributed by atoms with Gasteiger partial charge in [0.05, 0.1) is 17.5 Å². The molecular weight excluding hydrogens is 284 g/mol. The fourth-order valence-corrected chi connectivity index (χ4v) is 3.55. The molecule has 1 unspecified atom stereocenters. The Hall–Kier alpha value is -2.34. The molecule has 1 saturated heterocycles. The zero-order valence-corrected chi connectivity index (χ0v) is 13.7. The van der Waals surface area contributed by atoms with E-state index in [4.69, 9.17) is 5.26 Å². The molecule has 0 spiro atoms. The number of nitrogens with zero attached hydrogens (tertiary/aromatic N) is 2. The molecule has 1 fully saturated rings. The topological polar surface area (TPSA) is 44.1 Å². The summed E-state index contributed by atoms with van der Waals surface area (Å²) in [5, 5.41) is 11.4. The second-order valence-electron chi connectivity index (χ2n) is 6.78. The van der Waals surface area contributed by atoms with Crippen molar-refractivity contribution in [3.05, 3.63) is 48.0 Å². The van der Waals surface area contributed by atoms with Crippen LogP contribution in [0.15, 0.2) is 42.5 Å². The summed E-state index contributed by atoms with van der Waals surface area (Å²) in [5.41, 5.74) is 0.622. The Kier molecular flexibility index (Phi) is 4.09. The van der Waals surface area contributed by atoms with Gasteiger partial charge in [-0.3, -0.25) is 4.79 Å². The maximum absolute atomic E-state index is 12.9. The average molecular weight is 306 g/mol. The SMILES string of the molecule is C[C@@H](c1ccc2ccccc2c1)N1CCCC(C)(CC#N)C1=O. The first kappa shape index (κ1) is 15.6. The minimum Gasteiger partial charge on any atom is -0.335 e. The molecule has 0 bridgehead atoms. The number of carbonyl (C=O) groups excluding carboxylic acids is 1. The molecule has 23 heavy (non-hydrogen) atoms. The molecule has 3 heteroatoms. The number of piperidine rings is 1. The highest BCUT2D eigenvalue weighted by atomic mass is 16.2. The van der Waals surface area contributed by atoms with Gasteiger partial charge in [-0.05, 0) is 49.1 Å². The number of nitriles is 1. The van der Waals surface area contributed by atoms with Gasteiger partial charge in [0.25, 0.3) is 0 Å². The van der Waals surface area contributed by atoms with Crippen LogP contribution in [0.5, 0.6) is 0 Å². The molecule has 1 aliphatic rings. The summed E-state index contributed by atoms with van der Waals surface area (Å²) in [6, 6.07) is 16.9. The standard InChI is InChI=1S/C20H22N2O/c1-15(17-9-8-16-6-3-4-7-18(16)14-17)22-13-5-10-20(2,11-12-21)19(22)23/h3-4,6-9,14-15H,5,10-11,13H2,1-2H3/t15-,20?/m0/s1. The molecule has 1 amide bonds. The van der Waals surface area contributed by atoms with Gasteiger partial charge < -0.3 is 4.90 Å². The van der Waals surface area contributed by atoms with Crippen LogP contribution in [0.1, 0.15) is 44.7 Å². The Labute approximate surface area is 137 Å². The first-order valence-electron chi connectivity index (χ1n) is 8.22. The third-order valence-corrected chi connectivity index (χ3v) is 5.10. The number of hydrogen-bond acceptors (Lipinski definition) is 2. The third kappa shape index (κ3) is 2.82. The Bertz CT molecular complexity index is 777. The van der Waals surface area contributed by atoms with Crippen LogP contribution in [-0.4, -0.2) is 17.4 Å². The van der Waals surface area contributed by atoms with Crippen LogP contribution in [0.3, 0.4) is 0 Å². The quantitative estimate of drug-likeness (QED) is 0.841. The lowest BCUT2D eigenvalue weighted by atomic mass is 9.78. The van der Waals surface area contributed by atoms with Gasteiger partial charge in [0, 0.05) is 13.0 Å². The average Bonchev–Trinajstić information content (AvgIpc) is 2.57. The van der Waals surface area contributed by atoms with Gasteiger partial charge >= 0.3 is 0 Å². The summed E-state index contributed by atoms with van der Waals surface area (Å²) in [7, 11) is 0. The van der Waals surface area contributed by atoms with Crippen molar-refractivity contribution in [2.75, 3.05) is 6.54 Å². The highest BCUT2D eigenvalue weighted by molar-refractivity contribution is 5.85. The van der Waals surface area contributed by atoms with E-state index in [2.05, 4.69) is 43.3 Å². The van der Waals surface area contributed by atoms with Gasteiger partial charge in [0.2, 0.25) is 5.91 Å². The van der Waals surface area contributed by atoms with Crippen LogP contribution in [0, 0.1) is 16.7 Å². The minimum atomic E-state index is -0.530. The molecule has 0 aliphatic carbocycles. The molecule has 1 heterocycles. The van der Waals surface area contributed by atoms with E-state index in [1.165, 1.54) is 10.8 Å². The van der Waals surface area contributed by atoms with E-state index < -0.39 is 5.41 Å². The molecule has 0 aromatic heterocycles. The number of benzene rings is 2. The van der Waals surface area contributed by atoms with Gasteiger partial charge in [-0.25, -0.2) is 0 Å². The summed E-state index contributed by atoms with van der Waals surface area (Å²) >= 11 is 0. The molecular formula is C20H22N2O. The number of rotatable bonds is 3. The maximum atomic E-state index is 12.9. The van der Waals surface area contributed by atoms with Crippen molar-refractivity contribution in [2.45, 2.75) is 39.2 Å². The molecule has 0 saturated carbocycles. The first-order valence-corrected chi connectivity index (χ1v) is 8.22. The predicted octanol–water partition coefficient (Wildman–Crippen LogP) is 4.44. The molecule has 118 valence electrons. The van der Waals surface area contributed by atoms with Gasteiger partial charge in [-0.1, -0.05) is 36.4 Å². The first-order chi connectivity index (χ1) is 11.0. The Balaban J connectivity index is 1.90. The molecule has 2 aromatic rings. The molecule has 0 N–H and O–H groups in total. The second-order valence-corrected chi connectivity index (χ2v) is 6.78. The van der Waals surface area contributed by atoms with Crippen LogP contribution in [0.4, 0.5) is 0 Å². The van der Waals surface area contributed by atoms with Crippen molar-refractivity contribution in [1.82, 2.24) is 4.90 Å². The highest BCUT2D eigenvalue weighted by Gasteiger charge is 2.41. The van der Waals surface area contributed by atoms with E-state index in [0.29, 0.717) is 6.42 Å². The van der Waals surface area contributed by atoms with E-state index in [9.17, 15) is 4.79 Å². The van der Waals surface area contributed by atoms with E-state index in [1.54, 1.807) is 0 Å². The Morgan fingerprint density at radius 1 is 1.26 bits per heavy atom. The summed E-state index contributed by atoms with van der Waals surface area (Å²) < 4.78 is 0.